The van der Waals surface area contributed by atoms with Crippen LogP contribution in [0.5, 0.6) is 0 Å². The molecule has 2 nitrogen and oxygen atoms in total. The van der Waals surface area contributed by atoms with Crippen molar-refractivity contribution in [3.63, 3.8) is 0 Å². The Morgan fingerprint density at radius 3 is 2.60 bits per heavy atom. The quantitative estimate of drug-likeness (QED) is 0.582. The number of rotatable bonds is 1. The molecule has 2 heterocycles. The summed E-state index contributed by atoms with van der Waals surface area (Å²) in [6.07, 6.45) is 5.79. The van der Waals surface area contributed by atoms with Gasteiger partial charge >= 0.3 is 0 Å². The molecule has 2 aromatic heterocycles. The van der Waals surface area contributed by atoms with E-state index in [9.17, 15) is 0 Å². The molecule has 0 spiro atoms. The molecule has 0 unspecified atom stereocenters. The van der Waals surface area contributed by atoms with Gasteiger partial charge in [-0.3, -0.25) is 0 Å². The van der Waals surface area contributed by atoms with Gasteiger partial charge in [-0.1, -0.05) is 30.3 Å². The van der Waals surface area contributed by atoms with Crippen molar-refractivity contribution < 1.29 is 0 Å². The summed E-state index contributed by atoms with van der Waals surface area (Å²) in [4.78, 5) is 4.27. The maximum absolute atomic E-state index is 4.27. The van der Waals surface area contributed by atoms with Crippen LogP contribution in [0.1, 0.15) is 0 Å². The predicted molar refractivity (Wildman–Crippen MR) is 60.6 cm³/mol. The molecule has 2 heteroatoms. The summed E-state index contributed by atoms with van der Waals surface area (Å²) in [6.45, 7) is 0. The van der Waals surface area contributed by atoms with Gasteiger partial charge in [0.15, 0.2) is 0 Å². The van der Waals surface area contributed by atoms with E-state index >= 15 is 0 Å². The largest absolute Gasteiger partial charge is 0.307 e. The van der Waals surface area contributed by atoms with Crippen LogP contribution in [0.15, 0.2) is 61.1 Å². The van der Waals surface area contributed by atoms with E-state index < -0.39 is 0 Å². The molecular formula is C13H10N2. The Balaban J connectivity index is 2.19. The normalized spacial score (nSPS) is 10.7. The van der Waals surface area contributed by atoms with Crippen LogP contribution in [-0.2, 0) is 0 Å². The molecule has 0 bridgehead atoms. The van der Waals surface area contributed by atoms with E-state index in [2.05, 4.69) is 29.2 Å². The van der Waals surface area contributed by atoms with Crippen LogP contribution in [0.25, 0.3) is 16.8 Å². The van der Waals surface area contributed by atoms with Crippen LogP contribution < -0.4 is 0 Å². The molecule has 72 valence electrons. The number of fused-ring (bicyclic) bond motifs is 1. The summed E-state index contributed by atoms with van der Waals surface area (Å²) in [5, 5.41) is 0. The van der Waals surface area contributed by atoms with Gasteiger partial charge < -0.3 is 4.40 Å². The lowest BCUT2D eigenvalue weighted by Gasteiger charge is -2.01. The molecule has 0 aliphatic carbocycles. The number of imidazole rings is 1. The van der Waals surface area contributed by atoms with Gasteiger partial charge in [0.05, 0.1) is 0 Å². The number of nitrogens with zero attached hydrogens (tertiary/aromatic N) is 2. The molecule has 15 heavy (non-hydrogen) atoms. The first-order valence-corrected chi connectivity index (χ1v) is 4.92. The molecule has 0 aliphatic rings. The lowest BCUT2D eigenvalue weighted by molar-refractivity contribution is 1.19. The van der Waals surface area contributed by atoms with Gasteiger partial charge in [0.25, 0.3) is 0 Å². The van der Waals surface area contributed by atoms with Crippen molar-refractivity contribution in [3.8, 4) is 11.1 Å². The van der Waals surface area contributed by atoms with Gasteiger partial charge in [-0.15, -0.1) is 0 Å². The van der Waals surface area contributed by atoms with Gasteiger partial charge in [0.2, 0.25) is 0 Å². The minimum atomic E-state index is 0.983. The Hall–Kier alpha value is -2.09. The van der Waals surface area contributed by atoms with Crippen molar-refractivity contribution in [2.45, 2.75) is 0 Å². The molecule has 0 aliphatic heterocycles. The smallest absolute Gasteiger partial charge is 0.137 e. The molecule has 3 rings (SSSR count). The van der Waals surface area contributed by atoms with Crippen LogP contribution >= 0.6 is 0 Å². The zero-order valence-corrected chi connectivity index (χ0v) is 8.17. The standard InChI is InChI=1S/C13H10N2/c1-2-4-11(5-3-1)12-6-8-15-9-7-14-13(15)10-12/h1-10H. The lowest BCUT2D eigenvalue weighted by Crippen LogP contribution is -1.84. The van der Waals surface area contributed by atoms with E-state index in [1.807, 2.05) is 41.2 Å². The maximum atomic E-state index is 4.27. The van der Waals surface area contributed by atoms with Crippen molar-refractivity contribution in [1.29, 1.82) is 0 Å². The Morgan fingerprint density at radius 1 is 0.867 bits per heavy atom. The first-order valence-electron chi connectivity index (χ1n) is 4.92. The van der Waals surface area contributed by atoms with Crippen LogP contribution in [0.4, 0.5) is 0 Å². The number of aromatic nitrogens is 2. The fourth-order valence-electron chi connectivity index (χ4n) is 1.72. The number of hydrogen-bond acceptors (Lipinski definition) is 1. The second-order valence-corrected chi connectivity index (χ2v) is 3.47. The van der Waals surface area contributed by atoms with Crippen molar-refractivity contribution >= 4 is 5.65 Å². The average Bonchev–Trinajstić information content (AvgIpc) is 2.77. The van der Waals surface area contributed by atoms with Crippen LogP contribution in [-0.4, -0.2) is 9.38 Å². The molecule has 0 saturated heterocycles. The molecule has 1 aromatic carbocycles. The third-order valence-corrected chi connectivity index (χ3v) is 2.51. The Morgan fingerprint density at radius 2 is 1.73 bits per heavy atom. The maximum Gasteiger partial charge on any atom is 0.137 e. The minimum Gasteiger partial charge on any atom is -0.307 e. The highest BCUT2D eigenvalue weighted by molar-refractivity contribution is 5.67. The predicted octanol–water partition coefficient (Wildman–Crippen LogP) is 3.00. The molecule has 0 amide bonds. The van der Waals surface area contributed by atoms with Crippen LogP contribution in [0.3, 0.4) is 0 Å². The third kappa shape index (κ3) is 1.40. The van der Waals surface area contributed by atoms with E-state index in [-0.39, 0.29) is 0 Å². The number of benzene rings is 1. The molecule has 0 atom stereocenters. The summed E-state index contributed by atoms with van der Waals surface area (Å²) in [7, 11) is 0. The van der Waals surface area contributed by atoms with Gasteiger partial charge in [0.1, 0.15) is 5.65 Å². The van der Waals surface area contributed by atoms with Crippen molar-refractivity contribution in [2.24, 2.45) is 0 Å². The highest BCUT2D eigenvalue weighted by Gasteiger charge is 1.98. The SMILES string of the molecule is c1ccc(-c2ccn3ccnc3c2)cc1. The summed E-state index contributed by atoms with van der Waals surface area (Å²) >= 11 is 0. The highest BCUT2D eigenvalue weighted by Crippen LogP contribution is 2.19. The highest BCUT2D eigenvalue weighted by atomic mass is 15.0. The first kappa shape index (κ1) is 8.24. The first-order chi connectivity index (χ1) is 7.43. The second kappa shape index (κ2) is 3.24. The Labute approximate surface area is 87.8 Å². The second-order valence-electron chi connectivity index (χ2n) is 3.47. The number of pyridine rings is 1. The van der Waals surface area contributed by atoms with E-state index in [0.29, 0.717) is 0 Å². The van der Waals surface area contributed by atoms with Crippen LogP contribution in [0, 0.1) is 0 Å². The van der Waals surface area contributed by atoms with E-state index in [4.69, 9.17) is 0 Å². The van der Waals surface area contributed by atoms with Gasteiger partial charge in [-0.05, 0) is 23.3 Å². The van der Waals surface area contributed by atoms with Crippen molar-refractivity contribution in [3.05, 3.63) is 61.1 Å². The fourth-order valence-corrected chi connectivity index (χ4v) is 1.72. The number of hydrogen-bond donors (Lipinski definition) is 0. The summed E-state index contributed by atoms with van der Waals surface area (Å²) in [5.74, 6) is 0. The molecular weight excluding hydrogens is 184 g/mol. The fraction of sp³-hybridized carbons (Fsp3) is 0. The molecule has 3 aromatic rings. The van der Waals surface area contributed by atoms with E-state index in [0.717, 1.165) is 5.65 Å². The van der Waals surface area contributed by atoms with Gasteiger partial charge in [-0.25, -0.2) is 4.98 Å². The van der Waals surface area contributed by atoms with E-state index in [1.165, 1.54) is 11.1 Å². The molecule has 0 radical (unpaired) electrons. The Bertz CT molecular complexity index is 582. The van der Waals surface area contributed by atoms with Gasteiger partial charge in [-0.2, -0.15) is 0 Å². The van der Waals surface area contributed by atoms with Crippen molar-refractivity contribution in [1.82, 2.24) is 9.38 Å². The molecule has 0 fully saturated rings. The van der Waals surface area contributed by atoms with Crippen molar-refractivity contribution in [2.75, 3.05) is 0 Å². The van der Waals surface area contributed by atoms with Gasteiger partial charge in [0, 0.05) is 18.6 Å². The average molecular weight is 194 g/mol. The molecule has 0 saturated carbocycles. The zero-order valence-electron chi connectivity index (χ0n) is 8.17. The zero-order chi connectivity index (χ0) is 10.1. The summed E-state index contributed by atoms with van der Waals surface area (Å²) in [5.41, 5.74) is 3.41. The summed E-state index contributed by atoms with van der Waals surface area (Å²) in [6, 6.07) is 14.5. The monoisotopic (exact) mass is 194 g/mol. The summed E-state index contributed by atoms with van der Waals surface area (Å²) < 4.78 is 2.01. The lowest BCUT2D eigenvalue weighted by atomic mass is 10.1. The minimum absolute atomic E-state index is 0.983. The topological polar surface area (TPSA) is 17.3 Å². The van der Waals surface area contributed by atoms with E-state index in [1.54, 1.807) is 0 Å². The Kier molecular flexibility index (Phi) is 1.78. The van der Waals surface area contributed by atoms with Crippen LogP contribution in [0.2, 0.25) is 0 Å². The third-order valence-electron chi connectivity index (χ3n) is 2.51. The molecule has 0 N–H and O–H groups in total.